The summed E-state index contributed by atoms with van der Waals surface area (Å²) in [6, 6.07) is 0. The molecule has 7 heteroatoms. The lowest BCUT2D eigenvalue weighted by atomic mass is 10.3. The Morgan fingerprint density at radius 2 is 2.24 bits per heavy atom. The second-order valence-corrected chi connectivity index (χ2v) is 4.16. The number of hydrogen-bond acceptors (Lipinski definition) is 5. The molecular weight excluding hydrogens is 226 g/mol. The number of carboxylic acid groups (broad SMARTS) is 1. The van der Waals surface area contributed by atoms with Gasteiger partial charge in [-0.15, -0.1) is 0 Å². The number of carbonyl (C=O) groups is 2. The third-order valence-corrected chi connectivity index (χ3v) is 2.51. The smallest absolute Gasteiger partial charge is 0.323 e. The monoisotopic (exact) mass is 239 g/mol. The topological polar surface area (TPSA) is 96.5 Å². The maximum absolute atomic E-state index is 11.9. The van der Waals surface area contributed by atoms with E-state index in [4.69, 9.17) is 9.63 Å². The van der Waals surface area contributed by atoms with Crippen LogP contribution in [0, 0.1) is 12.8 Å². The molecule has 17 heavy (non-hydrogen) atoms. The van der Waals surface area contributed by atoms with Crippen LogP contribution in [-0.4, -0.2) is 45.1 Å². The molecule has 1 amide bonds. The summed E-state index contributed by atoms with van der Waals surface area (Å²) in [6.45, 7) is 1.69. The minimum absolute atomic E-state index is 0.0793. The van der Waals surface area contributed by atoms with Gasteiger partial charge >= 0.3 is 5.97 Å². The van der Waals surface area contributed by atoms with Gasteiger partial charge in [0.15, 0.2) is 0 Å². The largest absolute Gasteiger partial charge is 0.480 e. The molecule has 1 aliphatic rings. The van der Waals surface area contributed by atoms with E-state index in [9.17, 15) is 9.59 Å². The lowest BCUT2D eigenvalue weighted by Gasteiger charge is -2.18. The molecule has 1 aliphatic carbocycles. The number of carboxylic acids is 1. The highest BCUT2D eigenvalue weighted by atomic mass is 16.5. The Kier molecular flexibility index (Phi) is 3.08. The van der Waals surface area contributed by atoms with Crippen LogP contribution in [0.1, 0.15) is 29.4 Å². The summed E-state index contributed by atoms with van der Waals surface area (Å²) in [4.78, 5) is 27.7. The van der Waals surface area contributed by atoms with Gasteiger partial charge in [-0.2, -0.15) is 4.98 Å². The lowest BCUT2D eigenvalue weighted by Crippen LogP contribution is -2.37. The van der Waals surface area contributed by atoms with E-state index in [0.29, 0.717) is 12.5 Å². The Hall–Kier alpha value is -1.92. The predicted molar refractivity (Wildman–Crippen MR) is 55.3 cm³/mol. The van der Waals surface area contributed by atoms with E-state index < -0.39 is 11.9 Å². The summed E-state index contributed by atoms with van der Waals surface area (Å²) in [5.41, 5.74) is 0. The fourth-order valence-corrected chi connectivity index (χ4v) is 1.52. The zero-order chi connectivity index (χ0) is 12.4. The van der Waals surface area contributed by atoms with Gasteiger partial charge in [-0.25, -0.2) is 0 Å². The third kappa shape index (κ3) is 3.02. The summed E-state index contributed by atoms with van der Waals surface area (Å²) in [7, 11) is 0. The van der Waals surface area contributed by atoms with E-state index >= 15 is 0 Å². The minimum Gasteiger partial charge on any atom is -0.480 e. The molecule has 0 spiro atoms. The first-order valence-electron chi connectivity index (χ1n) is 5.37. The van der Waals surface area contributed by atoms with Crippen molar-refractivity contribution in [2.45, 2.75) is 19.8 Å². The fraction of sp³-hybridized carbons (Fsp3) is 0.600. The van der Waals surface area contributed by atoms with Gasteiger partial charge in [0.1, 0.15) is 6.54 Å². The van der Waals surface area contributed by atoms with Crippen LogP contribution in [0.5, 0.6) is 0 Å². The maximum atomic E-state index is 11.9. The Balaban J connectivity index is 2.07. The average molecular weight is 239 g/mol. The van der Waals surface area contributed by atoms with Crippen molar-refractivity contribution in [3.63, 3.8) is 0 Å². The van der Waals surface area contributed by atoms with Crippen LogP contribution in [0.4, 0.5) is 0 Å². The van der Waals surface area contributed by atoms with Crippen LogP contribution in [0.25, 0.3) is 0 Å². The van der Waals surface area contributed by atoms with E-state index in [0.717, 1.165) is 12.8 Å². The van der Waals surface area contributed by atoms with Gasteiger partial charge in [0.2, 0.25) is 5.89 Å². The second-order valence-electron chi connectivity index (χ2n) is 4.16. The van der Waals surface area contributed by atoms with Crippen molar-refractivity contribution >= 4 is 11.9 Å². The van der Waals surface area contributed by atoms with Gasteiger partial charge in [-0.1, -0.05) is 5.16 Å². The molecule has 0 unspecified atom stereocenters. The molecular formula is C10H13N3O4. The van der Waals surface area contributed by atoms with Crippen LogP contribution in [0.15, 0.2) is 4.52 Å². The molecule has 1 fully saturated rings. The Morgan fingerprint density at radius 3 is 2.71 bits per heavy atom. The lowest BCUT2D eigenvalue weighted by molar-refractivity contribution is -0.137. The first-order valence-corrected chi connectivity index (χ1v) is 5.37. The number of carbonyl (C=O) groups excluding carboxylic acids is 1. The van der Waals surface area contributed by atoms with Crippen molar-refractivity contribution in [2.24, 2.45) is 5.92 Å². The highest BCUT2D eigenvalue weighted by molar-refractivity contribution is 5.92. The molecule has 0 radical (unpaired) electrons. The summed E-state index contributed by atoms with van der Waals surface area (Å²) >= 11 is 0. The SMILES string of the molecule is Cc1nc(C(=O)N(CC(=O)O)CC2CC2)no1. The van der Waals surface area contributed by atoms with Crippen LogP contribution in [0.3, 0.4) is 0 Å². The van der Waals surface area contributed by atoms with Gasteiger partial charge in [-0.3, -0.25) is 9.59 Å². The van der Waals surface area contributed by atoms with Crippen molar-refractivity contribution in [3.05, 3.63) is 11.7 Å². The second kappa shape index (κ2) is 4.52. The minimum atomic E-state index is -1.04. The molecule has 1 aromatic rings. The van der Waals surface area contributed by atoms with Gasteiger partial charge in [0, 0.05) is 13.5 Å². The van der Waals surface area contributed by atoms with Crippen molar-refractivity contribution in [1.82, 2.24) is 15.0 Å². The Labute approximate surface area is 97.4 Å². The van der Waals surface area contributed by atoms with Gasteiger partial charge in [0.25, 0.3) is 11.7 Å². The number of amides is 1. The van der Waals surface area contributed by atoms with E-state index in [1.807, 2.05) is 0 Å². The molecule has 1 N–H and O–H groups in total. The number of nitrogens with zero attached hydrogens (tertiary/aromatic N) is 3. The van der Waals surface area contributed by atoms with Crippen molar-refractivity contribution in [2.75, 3.05) is 13.1 Å². The quantitative estimate of drug-likeness (QED) is 0.794. The van der Waals surface area contributed by atoms with Crippen molar-refractivity contribution in [1.29, 1.82) is 0 Å². The number of aromatic nitrogens is 2. The number of rotatable bonds is 5. The summed E-state index contributed by atoms with van der Waals surface area (Å²) in [5.74, 6) is -0.916. The van der Waals surface area contributed by atoms with Crippen molar-refractivity contribution in [3.8, 4) is 0 Å². The molecule has 0 saturated heterocycles. The molecule has 1 saturated carbocycles. The van der Waals surface area contributed by atoms with Crippen LogP contribution in [-0.2, 0) is 4.79 Å². The first kappa shape index (κ1) is 11.6. The number of hydrogen-bond donors (Lipinski definition) is 1. The zero-order valence-corrected chi connectivity index (χ0v) is 9.42. The molecule has 92 valence electrons. The molecule has 0 aliphatic heterocycles. The molecule has 0 bridgehead atoms. The van der Waals surface area contributed by atoms with Gasteiger partial charge in [0.05, 0.1) is 0 Å². The number of aryl methyl sites for hydroxylation is 1. The molecule has 2 rings (SSSR count). The van der Waals surface area contributed by atoms with Crippen LogP contribution in [0.2, 0.25) is 0 Å². The highest BCUT2D eigenvalue weighted by Crippen LogP contribution is 2.29. The van der Waals surface area contributed by atoms with Crippen molar-refractivity contribution < 1.29 is 19.2 Å². The predicted octanol–water partition coefficient (Wildman–Crippen LogP) is 0.315. The average Bonchev–Trinajstić information content (AvgIpc) is 2.96. The summed E-state index contributed by atoms with van der Waals surface area (Å²) in [5, 5.41) is 12.3. The highest BCUT2D eigenvalue weighted by Gasteiger charge is 2.30. The van der Waals surface area contributed by atoms with E-state index in [1.165, 1.54) is 4.90 Å². The third-order valence-electron chi connectivity index (χ3n) is 2.51. The summed E-state index contributed by atoms with van der Waals surface area (Å²) in [6.07, 6.45) is 2.07. The molecule has 0 atom stereocenters. The van der Waals surface area contributed by atoms with E-state index in [-0.39, 0.29) is 18.3 Å². The fourth-order valence-electron chi connectivity index (χ4n) is 1.52. The standard InChI is InChI=1S/C10H13N3O4/c1-6-11-9(12-17-6)10(16)13(5-8(14)15)4-7-2-3-7/h7H,2-5H2,1H3,(H,14,15). The van der Waals surface area contributed by atoms with Gasteiger partial charge in [-0.05, 0) is 18.8 Å². The summed E-state index contributed by atoms with van der Waals surface area (Å²) < 4.78 is 4.71. The molecule has 0 aromatic carbocycles. The van der Waals surface area contributed by atoms with Crippen LogP contribution >= 0.6 is 0 Å². The molecule has 1 aromatic heterocycles. The van der Waals surface area contributed by atoms with E-state index in [2.05, 4.69) is 10.1 Å². The first-order chi connectivity index (χ1) is 8.06. The molecule has 7 nitrogen and oxygen atoms in total. The van der Waals surface area contributed by atoms with E-state index in [1.54, 1.807) is 6.92 Å². The normalized spacial score (nSPS) is 14.6. The Bertz CT molecular complexity index is 439. The maximum Gasteiger partial charge on any atom is 0.323 e. The molecule has 1 heterocycles. The van der Waals surface area contributed by atoms with Crippen LogP contribution < -0.4 is 0 Å². The zero-order valence-electron chi connectivity index (χ0n) is 9.42. The Morgan fingerprint density at radius 1 is 1.53 bits per heavy atom. The number of aliphatic carboxylic acids is 1. The van der Waals surface area contributed by atoms with Gasteiger partial charge < -0.3 is 14.5 Å².